The Morgan fingerprint density at radius 1 is 1.63 bits per heavy atom. The molecule has 0 aromatic carbocycles. The van der Waals surface area contributed by atoms with Gasteiger partial charge in [-0.25, -0.2) is 4.98 Å². The average molecular weight is 264 g/mol. The fraction of sp³-hybridized carbons (Fsp3) is 0.500. The van der Waals surface area contributed by atoms with E-state index >= 15 is 0 Å². The SMILES string of the molecule is CCC(CCO)CNc1ccc([N+](=O)[O-])c(C#N)n1. The number of aromatic nitrogens is 1. The van der Waals surface area contributed by atoms with Gasteiger partial charge in [-0.05, 0) is 18.4 Å². The molecule has 19 heavy (non-hydrogen) atoms. The van der Waals surface area contributed by atoms with Crippen molar-refractivity contribution in [2.24, 2.45) is 5.92 Å². The normalized spacial score (nSPS) is 11.6. The van der Waals surface area contributed by atoms with Crippen LogP contribution in [-0.4, -0.2) is 28.2 Å². The number of hydrogen-bond donors (Lipinski definition) is 2. The van der Waals surface area contributed by atoms with E-state index in [0.29, 0.717) is 24.7 Å². The molecule has 0 bridgehead atoms. The summed E-state index contributed by atoms with van der Waals surface area (Å²) in [4.78, 5) is 13.9. The second-order valence-electron chi connectivity index (χ2n) is 4.10. The zero-order valence-corrected chi connectivity index (χ0v) is 10.7. The second-order valence-corrected chi connectivity index (χ2v) is 4.10. The summed E-state index contributed by atoms with van der Waals surface area (Å²) >= 11 is 0. The molecule has 0 saturated carbocycles. The van der Waals surface area contributed by atoms with Gasteiger partial charge < -0.3 is 10.4 Å². The fourth-order valence-corrected chi connectivity index (χ4v) is 1.66. The van der Waals surface area contributed by atoms with Crippen molar-refractivity contribution < 1.29 is 10.0 Å². The first-order chi connectivity index (χ1) is 9.12. The predicted octanol–water partition coefficient (Wildman–Crippen LogP) is 1.68. The first-order valence-corrected chi connectivity index (χ1v) is 6.02. The Morgan fingerprint density at radius 2 is 2.37 bits per heavy atom. The van der Waals surface area contributed by atoms with Gasteiger partial charge in [0.05, 0.1) is 4.92 Å². The molecular weight excluding hydrogens is 248 g/mol. The maximum Gasteiger partial charge on any atom is 0.305 e. The van der Waals surface area contributed by atoms with Crippen molar-refractivity contribution in [1.29, 1.82) is 5.26 Å². The van der Waals surface area contributed by atoms with Gasteiger partial charge in [-0.3, -0.25) is 10.1 Å². The smallest absolute Gasteiger partial charge is 0.305 e. The number of nitriles is 1. The molecule has 1 aromatic heterocycles. The van der Waals surface area contributed by atoms with Gasteiger partial charge in [0.15, 0.2) is 0 Å². The molecule has 1 rings (SSSR count). The van der Waals surface area contributed by atoms with E-state index in [0.717, 1.165) is 6.42 Å². The Kier molecular flexibility index (Phi) is 5.70. The van der Waals surface area contributed by atoms with E-state index in [4.69, 9.17) is 10.4 Å². The lowest BCUT2D eigenvalue weighted by molar-refractivity contribution is -0.385. The molecule has 7 nitrogen and oxygen atoms in total. The maximum atomic E-state index is 10.7. The maximum absolute atomic E-state index is 10.7. The van der Waals surface area contributed by atoms with E-state index in [1.807, 2.05) is 6.92 Å². The number of pyridine rings is 1. The molecule has 0 fully saturated rings. The van der Waals surface area contributed by atoms with Gasteiger partial charge in [0.1, 0.15) is 11.9 Å². The summed E-state index contributed by atoms with van der Waals surface area (Å²) in [6.07, 6.45) is 1.59. The van der Waals surface area contributed by atoms with Crippen LogP contribution in [0.3, 0.4) is 0 Å². The summed E-state index contributed by atoms with van der Waals surface area (Å²) in [6, 6.07) is 4.45. The van der Waals surface area contributed by atoms with Gasteiger partial charge in [-0.2, -0.15) is 5.26 Å². The number of nitrogens with zero attached hydrogens (tertiary/aromatic N) is 3. The number of hydrogen-bond acceptors (Lipinski definition) is 6. The predicted molar refractivity (Wildman–Crippen MR) is 69.6 cm³/mol. The van der Waals surface area contributed by atoms with Crippen LogP contribution < -0.4 is 5.32 Å². The molecule has 0 spiro atoms. The quantitative estimate of drug-likeness (QED) is 0.572. The summed E-state index contributed by atoms with van der Waals surface area (Å²) in [6.45, 7) is 2.75. The Morgan fingerprint density at radius 3 is 2.89 bits per heavy atom. The van der Waals surface area contributed by atoms with Crippen molar-refractivity contribution in [3.8, 4) is 6.07 Å². The van der Waals surface area contributed by atoms with E-state index in [-0.39, 0.29) is 18.0 Å². The van der Waals surface area contributed by atoms with Crippen molar-refractivity contribution in [2.45, 2.75) is 19.8 Å². The molecule has 0 aliphatic rings. The largest absolute Gasteiger partial charge is 0.396 e. The molecule has 0 amide bonds. The molecular formula is C12H16N4O3. The molecule has 1 heterocycles. The highest BCUT2D eigenvalue weighted by Gasteiger charge is 2.15. The van der Waals surface area contributed by atoms with Crippen molar-refractivity contribution >= 4 is 11.5 Å². The van der Waals surface area contributed by atoms with Crippen molar-refractivity contribution in [3.05, 3.63) is 27.9 Å². The van der Waals surface area contributed by atoms with E-state index in [2.05, 4.69) is 10.3 Å². The molecule has 0 saturated heterocycles. The number of anilines is 1. The van der Waals surface area contributed by atoms with Gasteiger partial charge in [0.25, 0.3) is 0 Å². The summed E-state index contributed by atoms with van der Waals surface area (Å²) in [5, 5.41) is 31.4. The highest BCUT2D eigenvalue weighted by atomic mass is 16.6. The fourth-order valence-electron chi connectivity index (χ4n) is 1.66. The number of aliphatic hydroxyl groups is 1. The zero-order valence-electron chi connectivity index (χ0n) is 10.7. The third kappa shape index (κ3) is 4.19. The molecule has 2 N–H and O–H groups in total. The topological polar surface area (TPSA) is 112 Å². The average Bonchev–Trinajstić information content (AvgIpc) is 2.42. The van der Waals surface area contributed by atoms with Gasteiger partial charge >= 0.3 is 5.69 Å². The number of aliphatic hydroxyl groups excluding tert-OH is 1. The van der Waals surface area contributed by atoms with Crippen LogP contribution in [-0.2, 0) is 0 Å². The molecule has 1 aromatic rings. The lowest BCUT2D eigenvalue weighted by atomic mass is 10.0. The molecule has 0 radical (unpaired) electrons. The standard InChI is InChI=1S/C12H16N4O3/c1-2-9(5-6-17)8-14-12-4-3-11(16(18)19)10(7-13)15-12/h3-4,9,17H,2,5-6,8H2,1H3,(H,14,15). The van der Waals surface area contributed by atoms with Crippen LogP contribution in [0.15, 0.2) is 12.1 Å². The van der Waals surface area contributed by atoms with Gasteiger partial charge in [0.2, 0.25) is 5.69 Å². The van der Waals surface area contributed by atoms with E-state index in [9.17, 15) is 10.1 Å². The van der Waals surface area contributed by atoms with Crippen LogP contribution >= 0.6 is 0 Å². The van der Waals surface area contributed by atoms with Crippen LogP contribution in [0.4, 0.5) is 11.5 Å². The molecule has 0 aliphatic heterocycles. The summed E-state index contributed by atoms with van der Waals surface area (Å²) in [5.74, 6) is 0.728. The molecule has 102 valence electrons. The summed E-state index contributed by atoms with van der Waals surface area (Å²) < 4.78 is 0. The Bertz CT molecular complexity index is 484. The highest BCUT2D eigenvalue weighted by molar-refractivity contribution is 5.50. The minimum Gasteiger partial charge on any atom is -0.396 e. The van der Waals surface area contributed by atoms with E-state index < -0.39 is 4.92 Å². The van der Waals surface area contributed by atoms with Crippen molar-refractivity contribution in [3.63, 3.8) is 0 Å². The van der Waals surface area contributed by atoms with Crippen molar-refractivity contribution in [2.75, 3.05) is 18.5 Å². The number of nitro groups is 1. The Hall–Kier alpha value is -2.20. The van der Waals surface area contributed by atoms with E-state index in [1.54, 1.807) is 6.07 Å². The zero-order chi connectivity index (χ0) is 14.3. The first kappa shape index (κ1) is 14.9. The van der Waals surface area contributed by atoms with Gasteiger partial charge in [-0.1, -0.05) is 13.3 Å². The molecule has 0 aliphatic carbocycles. The third-order valence-electron chi connectivity index (χ3n) is 2.86. The summed E-state index contributed by atoms with van der Waals surface area (Å²) in [7, 11) is 0. The highest BCUT2D eigenvalue weighted by Crippen LogP contribution is 2.18. The van der Waals surface area contributed by atoms with Crippen LogP contribution in [0.25, 0.3) is 0 Å². The minimum atomic E-state index is -0.629. The van der Waals surface area contributed by atoms with E-state index in [1.165, 1.54) is 12.1 Å². The van der Waals surface area contributed by atoms with Crippen LogP contribution in [0.2, 0.25) is 0 Å². The monoisotopic (exact) mass is 264 g/mol. The number of rotatable bonds is 7. The summed E-state index contributed by atoms with van der Waals surface area (Å²) in [5.41, 5.74) is -0.499. The third-order valence-corrected chi connectivity index (χ3v) is 2.86. The Balaban J connectivity index is 2.75. The van der Waals surface area contributed by atoms with Crippen LogP contribution in [0, 0.1) is 27.4 Å². The van der Waals surface area contributed by atoms with Crippen molar-refractivity contribution in [1.82, 2.24) is 4.98 Å². The number of nitrogens with one attached hydrogen (secondary N) is 1. The van der Waals surface area contributed by atoms with Crippen LogP contribution in [0.5, 0.6) is 0 Å². The van der Waals surface area contributed by atoms with Crippen LogP contribution in [0.1, 0.15) is 25.5 Å². The first-order valence-electron chi connectivity index (χ1n) is 6.02. The second kappa shape index (κ2) is 7.28. The molecule has 7 heteroatoms. The lowest BCUT2D eigenvalue weighted by Gasteiger charge is -2.14. The lowest BCUT2D eigenvalue weighted by Crippen LogP contribution is -2.16. The molecule has 1 unspecified atom stereocenters. The van der Waals surface area contributed by atoms with Gasteiger partial charge in [-0.15, -0.1) is 0 Å². The van der Waals surface area contributed by atoms with Gasteiger partial charge in [0, 0.05) is 19.2 Å². The Labute approximate surface area is 111 Å². The minimum absolute atomic E-state index is 0.122. The molecule has 1 atom stereocenters.